The second-order valence-electron chi connectivity index (χ2n) is 5.61. The highest BCUT2D eigenvalue weighted by Crippen LogP contribution is 2.22. The first-order valence-electron chi connectivity index (χ1n) is 7.63. The van der Waals surface area contributed by atoms with Crippen LogP contribution in [0, 0.1) is 5.82 Å². The van der Waals surface area contributed by atoms with Crippen LogP contribution in [0.3, 0.4) is 0 Å². The van der Waals surface area contributed by atoms with Gasteiger partial charge in [0.25, 0.3) is 0 Å². The van der Waals surface area contributed by atoms with Gasteiger partial charge in [0.1, 0.15) is 5.82 Å². The number of amides is 1. The first kappa shape index (κ1) is 15.2. The van der Waals surface area contributed by atoms with E-state index in [9.17, 15) is 9.18 Å². The van der Waals surface area contributed by atoms with Crippen molar-refractivity contribution in [1.29, 1.82) is 0 Å². The third-order valence-electron chi connectivity index (χ3n) is 4.04. The van der Waals surface area contributed by atoms with Gasteiger partial charge in [-0.2, -0.15) is 0 Å². The number of nitrogens with zero attached hydrogens (tertiary/aromatic N) is 1. The molecule has 23 heavy (non-hydrogen) atoms. The summed E-state index contributed by atoms with van der Waals surface area (Å²) in [6.07, 6.45) is 1.01. The molecule has 3 aromatic rings. The van der Waals surface area contributed by atoms with E-state index in [2.05, 4.69) is 6.07 Å². The Kier molecular flexibility index (Phi) is 4.38. The molecule has 0 N–H and O–H groups in total. The molecule has 0 atom stereocenters. The third kappa shape index (κ3) is 3.57. The smallest absolute Gasteiger partial charge is 0.227 e. The van der Waals surface area contributed by atoms with Crippen molar-refractivity contribution in [3.8, 4) is 0 Å². The lowest BCUT2D eigenvalue weighted by Gasteiger charge is -2.18. The molecule has 3 aromatic carbocycles. The molecule has 3 rings (SSSR count). The number of anilines is 1. The normalized spacial score (nSPS) is 10.7. The first-order valence-corrected chi connectivity index (χ1v) is 7.63. The lowest BCUT2D eigenvalue weighted by molar-refractivity contribution is -0.118. The second kappa shape index (κ2) is 6.61. The van der Waals surface area contributed by atoms with Crippen LogP contribution in [-0.4, -0.2) is 13.0 Å². The van der Waals surface area contributed by atoms with Crippen molar-refractivity contribution in [3.63, 3.8) is 0 Å². The number of hydrogen-bond acceptors (Lipinski definition) is 1. The van der Waals surface area contributed by atoms with E-state index in [1.165, 1.54) is 12.1 Å². The fraction of sp³-hybridized carbons (Fsp3) is 0.150. The highest BCUT2D eigenvalue weighted by molar-refractivity contribution is 5.96. The summed E-state index contributed by atoms with van der Waals surface area (Å²) in [6.45, 7) is 0. The van der Waals surface area contributed by atoms with Gasteiger partial charge in [-0.1, -0.05) is 42.5 Å². The Morgan fingerprint density at radius 2 is 1.65 bits per heavy atom. The van der Waals surface area contributed by atoms with E-state index >= 15 is 0 Å². The van der Waals surface area contributed by atoms with Crippen molar-refractivity contribution < 1.29 is 9.18 Å². The van der Waals surface area contributed by atoms with Crippen molar-refractivity contribution in [3.05, 3.63) is 78.1 Å². The van der Waals surface area contributed by atoms with Crippen molar-refractivity contribution in [1.82, 2.24) is 0 Å². The lowest BCUT2D eigenvalue weighted by atomic mass is 10.1. The number of aryl methyl sites for hydroxylation is 1. The molecule has 0 unspecified atom stereocenters. The van der Waals surface area contributed by atoms with Gasteiger partial charge in [0.2, 0.25) is 5.91 Å². The summed E-state index contributed by atoms with van der Waals surface area (Å²) < 4.78 is 12.9. The van der Waals surface area contributed by atoms with E-state index < -0.39 is 0 Å². The molecule has 0 radical (unpaired) electrons. The molecular weight excluding hydrogens is 289 g/mol. The highest BCUT2D eigenvalue weighted by atomic mass is 19.1. The molecule has 1 amide bonds. The number of halogens is 1. The molecule has 0 bridgehead atoms. The number of hydrogen-bond donors (Lipinski definition) is 0. The van der Waals surface area contributed by atoms with Crippen LogP contribution in [0.1, 0.15) is 12.0 Å². The van der Waals surface area contributed by atoms with Crippen LogP contribution in [-0.2, 0) is 11.2 Å². The highest BCUT2D eigenvalue weighted by Gasteiger charge is 2.11. The summed E-state index contributed by atoms with van der Waals surface area (Å²) in [6, 6.07) is 20.4. The van der Waals surface area contributed by atoms with Gasteiger partial charge in [0, 0.05) is 19.2 Å². The Morgan fingerprint density at radius 3 is 2.39 bits per heavy atom. The fourth-order valence-electron chi connectivity index (χ4n) is 2.60. The number of carbonyl (C=O) groups is 1. The van der Waals surface area contributed by atoms with Gasteiger partial charge in [-0.25, -0.2) is 4.39 Å². The Bertz CT molecular complexity index is 826. The Hall–Kier alpha value is -2.68. The van der Waals surface area contributed by atoms with Crippen molar-refractivity contribution in [2.75, 3.05) is 11.9 Å². The van der Waals surface area contributed by atoms with Crippen LogP contribution in [0.2, 0.25) is 0 Å². The van der Waals surface area contributed by atoms with Crippen molar-refractivity contribution in [2.45, 2.75) is 12.8 Å². The molecule has 0 fully saturated rings. The Balaban J connectivity index is 1.69. The zero-order valence-corrected chi connectivity index (χ0v) is 13.0. The molecular formula is C20H18FNO. The van der Waals surface area contributed by atoms with E-state index in [1.54, 1.807) is 24.1 Å². The summed E-state index contributed by atoms with van der Waals surface area (Å²) in [4.78, 5) is 14.0. The molecule has 0 aromatic heterocycles. The number of benzene rings is 3. The summed E-state index contributed by atoms with van der Waals surface area (Å²) in [5.74, 6) is -0.210. The summed E-state index contributed by atoms with van der Waals surface area (Å²) in [7, 11) is 1.79. The average molecular weight is 307 g/mol. The zero-order valence-electron chi connectivity index (χ0n) is 13.0. The molecule has 0 spiro atoms. The van der Waals surface area contributed by atoms with Crippen LogP contribution in [0.5, 0.6) is 0 Å². The SMILES string of the molecule is CN(C(=O)CCc1ccc(F)cc1)c1ccc2ccccc2c1. The van der Waals surface area contributed by atoms with Gasteiger partial charge >= 0.3 is 0 Å². The average Bonchev–Trinajstić information content (AvgIpc) is 2.60. The van der Waals surface area contributed by atoms with Gasteiger partial charge in [-0.15, -0.1) is 0 Å². The minimum absolute atomic E-state index is 0.0459. The Morgan fingerprint density at radius 1 is 0.957 bits per heavy atom. The number of fused-ring (bicyclic) bond motifs is 1. The third-order valence-corrected chi connectivity index (χ3v) is 4.04. The van der Waals surface area contributed by atoms with Gasteiger partial charge < -0.3 is 4.90 Å². The predicted octanol–water partition coefficient (Wildman–Crippen LogP) is 4.57. The molecule has 0 heterocycles. The van der Waals surface area contributed by atoms with Crippen LogP contribution in [0.15, 0.2) is 66.7 Å². The first-order chi connectivity index (χ1) is 11.1. The second-order valence-corrected chi connectivity index (χ2v) is 5.61. The van der Waals surface area contributed by atoms with Crippen molar-refractivity contribution in [2.24, 2.45) is 0 Å². The minimum atomic E-state index is -0.256. The van der Waals surface area contributed by atoms with E-state index in [-0.39, 0.29) is 11.7 Å². The minimum Gasteiger partial charge on any atom is -0.315 e. The molecule has 0 saturated carbocycles. The zero-order chi connectivity index (χ0) is 16.2. The molecule has 2 nitrogen and oxygen atoms in total. The van der Waals surface area contributed by atoms with Crippen LogP contribution in [0.25, 0.3) is 10.8 Å². The van der Waals surface area contributed by atoms with E-state index in [1.807, 2.05) is 36.4 Å². The van der Waals surface area contributed by atoms with Crippen LogP contribution >= 0.6 is 0 Å². The molecule has 0 aliphatic heterocycles. The molecule has 3 heteroatoms. The number of rotatable bonds is 4. The molecule has 0 saturated heterocycles. The Labute approximate surface area is 135 Å². The quantitative estimate of drug-likeness (QED) is 0.691. The van der Waals surface area contributed by atoms with E-state index in [0.717, 1.165) is 22.0 Å². The maximum Gasteiger partial charge on any atom is 0.227 e. The monoisotopic (exact) mass is 307 g/mol. The molecule has 116 valence electrons. The topological polar surface area (TPSA) is 20.3 Å². The summed E-state index contributed by atoms with van der Waals surface area (Å²) in [5.41, 5.74) is 1.85. The van der Waals surface area contributed by atoms with Crippen LogP contribution < -0.4 is 4.90 Å². The predicted molar refractivity (Wildman–Crippen MR) is 92.1 cm³/mol. The van der Waals surface area contributed by atoms with Gasteiger partial charge in [-0.05, 0) is 47.0 Å². The molecule has 0 aliphatic carbocycles. The fourth-order valence-corrected chi connectivity index (χ4v) is 2.60. The number of carbonyl (C=O) groups excluding carboxylic acids is 1. The molecule has 0 aliphatic rings. The van der Waals surface area contributed by atoms with Gasteiger partial charge in [0.05, 0.1) is 0 Å². The summed E-state index contributed by atoms with van der Waals surface area (Å²) >= 11 is 0. The van der Waals surface area contributed by atoms with Crippen LogP contribution in [0.4, 0.5) is 10.1 Å². The summed E-state index contributed by atoms with van der Waals surface area (Å²) in [5, 5.41) is 2.27. The largest absolute Gasteiger partial charge is 0.315 e. The van der Waals surface area contributed by atoms with E-state index in [0.29, 0.717) is 12.8 Å². The standard InChI is InChI=1S/C20H18FNO/c1-22(19-12-9-16-4-2-3-5-17(16)14-19)20(23)13-8-15-6-10-18(21)11-7-15/h2-7,9-12,14H,8,13H2,1H3. The van der Waals surface area contributed by atoms with Gasteiger partial charge in [-0.3, -0.25) is 4.79 Å². The lowest BCUT2D eigenvalue weighted by Crippen LogP contribution is -2.26. The van der Waals surface area contributed by atoms with E-state index in [4.69, 9.17) is 0 Å². The van der Waals surface area contributed by atoms with Crippen molar-refractivity contribution >= 4 is 22.4 Å². The maximum absolute atomic E-state index is 12.9. The maximum atomic E-state index is 12.9. The van der Waals surface area contributed by atoms with Gasteiger partial charge in [0.15, 0.2) is 0 Å².